The number of nitrogens with zero attached hydrogens (tertiary/aromatic N) is 1. The van der Waals surface area contributed by atoms with Gasteiger partial charge < -0.3 is 10.2 Å². The molecule has 3 nitrogen and oxygen atoms in total. The Morgan fingerprint density at radius 1 is 1.00 bits per heavy atom. The Hall–Kier alpha value is -2.00. The summed E-state index contributed by atoms with van der Waals surface area (Å²) in [6, 6.07) is 15.5. The quantitative estimate of drug-likeness (QED) is 0.895. The SMILES string of the molecule is O=C(Cc1ccccc1Cl)Nc1ccc(N2CCCCC2)cc1. The van der Waals surface area contributed by atoms with Gasteiger partial charge in [0.1, 0.15) is 0 Å². The molecule has 1 heterocycles. The van der Waals surface area contributed by atoms with Crippen LogP contribution in [0.25, 0.3) is 0 Å². The van der Waals surface area contributed by atoms with Crippen LogP contribution in [0, 0.1) is 0 Å². The zero-order chi connectivity index (χ0) is 16.1. The molecule has 1 saturated heterocycles. The maximum absolute atomic E-state index is 12.1. The van der Waals surface area contributed by atoms with E-state index in [1.807, 2.05) is 30.3 Å². The van der Waals surface area contributed by atoms with Crippen LogP contribution in [0.5, 0.6) is 0 Å². The predicted octanol–water partition coefficient (Wildman–Crippen LogP) is 4.51. The summed E-state index contributed by atoms with van der Waals surface area (Å²) in [5, 5.41) is 3.56. The molecule has 0 spiro atoms. The molecule has 1 N–H and O–H groups in total. The number of benzene rings is 2. The molecular weight excluding hydrogens is 308 g/mol. The van der Waals surface area contributed by atoms with Gasteiger partial charge in [0.2, 0.25) is 5.91 Å². The second kappa shape index (κ2) is 7.51. The topological polar surface area (TPSA) is 32.3 Å². The maximum Gasteiger partial charge on any atom is 0.228 e. The van der Waals surface area contributed by atoms with E-state index >= 15 is 0 Å². The van der Waals surface area contributed by atoms with Crippen molar-refractivity contribution in [1.82, 2.24) is 0 Å². The molecule has 23 heavy (non-hydrogen) atoms. The highest BCUT2D eigenvalue weighted by Gasteiger charge is 2.11. The summed E-state index contributed by atoms with van der Waals surface area (Å²) < 4.78 is 0. The molecule has 4 heteroatoms. The number of anilines is 2. The number of piperidine rings is 1. The molecule has 1 fully saturated rings. The van der Waals surface area contributed by atoms with Crippen LogP contribution in [0.3, 0.4) is 0 Å². The Morgan fingerprint density at radius 2 is 1.70 bits per heavy atom. The molecule has 1 aliphatic heterocycles. The second-order valence-corrected chi connectivity index (χ2v) is 6.32. The van der Waals surface area contributed by atoms with Crippen LogP contribution in [-0.2, 0) is 11.2 Å². The fourth-order valence-corrected chi connectivity index (χ4v) is 3.13. The molecule has 2 aromatic carbocycles. The van der Waals surface area contributed by atoms with E-state index < -0.39 is 0 Å². The molecule has 0 radical (unpaired) electrons. The lowest BCUT2D eigenvalue weighted by Gasteiger charge is -2.28. The Kier molecular flexibility index (Phi) is 5.19. The molecule has 0 bridgehead atoms. The van der Waals surface area contributed by atoms with Gasteiger partial charge in [0.15, 0.2) is 0 Å². The molecule has 1 aliphatic rings. The first kappa shape index (κ1) is 15.9. The molecule has 0 aromatic heterocycles. The van der Waals surface area contributed by atoms with Gasteiger partial charge in [-0.15, -0.1) is 0 Å². The smallest absolute Gasteiger partial charge is 0.228 e. The molecule has 0 atom stereocenters. The summed E-state index contributed by atoms with van der Waals surface area (Å²) in [5.74, 6) is -0.0520. The van der Waals surface area contributed by atoms with Gasteiger partial charge in [-0.2, -0.15) is 0 Å². The van der Waals surface area contributed by atoms with Crippen molar-refractivity contribution in [1.29, 1.82) is 0 Å². The van der Waals surface area contributed by atoms with Crippen LogP contribution < -0.4 is 10.2 Å². The number of amides is 1. The van der Waals surface area contributed by atoms with Gasteiger partial charge in [0.25, 0.3) is 0 Å². The zero-order valence-corrected chi connectivity index (χ0v) is 13.9. The number of carbonyl (C=O) groups is 1. The summed E-state index contributed by atoms with van der Waals surface area (Å²) in [7, 11) is 0. The Bertz CT molecular complexity index is 663. The molecule has 2 aromatic rings. The largest absolute Gasteiger partial charge is 0.372 e. The number of hydrogen-bond donors (Lipinski definition) is 1. The fraction of sp³-hybridized carbons (Fsp3) is 0.316. The van der Waals surface area contributed by atoms with E-state index in [1.165, 1.54) is 24.9 Å². The zero-order valence-electron chi connectivity index (χ0n) is 13.1. The molecule has 0 unspecified atom stereocenters. The van der Waals surface area contributed by atoms with Crippen LogP contribution in [0.15, 0.2) is 48.5 Å². The first-order chi connectivity index (χ1) is 11.2. The van der Waals surface area contributed by atoms with Crippen molar-refractivity contribution >= 4 is 28.9 Å². The standard InChI is InChI=1S/C19H21ClN2O/c20-18-7-3-2-6-15(18)14-19(23)21-16-8-10-17(11-9-16)22-12-4-1-5-13-22/h2-3,6-11H,1,4-5,12-14H2,(H,21,23). The van der Waals surface area contributed by atoms with Crippen molar-refractivity contribution in [3.63, 3.8) is 0 Å². The first-order valence-electron chi connectivity index (χ1n) is 8.10. The second-order valence-electron chi connectivity index (χ2n) is 5.91. The average molecular weight is 329 g/mol. The van der Waals surface area contributed by atoms with E-state index in [2.05, 4.69) is 22.3 Å². The highest BCUT2D eigenvalue weighted by molar-refractivity contribution is 6.31. The van der Waals surface area contributed by atoms with Crippen LogP contribution in [-0.4, -0.2) is 19.0 Å². The van der Waals surface area contributed by atoms with Gasteiger partial charge in [-0.05, 0) is 55.2 Å². The van der Waals surface area contributed by atoms with Crippen LogP contribution in [0.1, 0.15) is 24.8 Å². The Morgan fingerprint density at radius 3 is 2.39 bits per heavy atom. The molecular formula is C19H21ClN2O. The third kappa shape index (κ3) is 4.26. The van der Waals surface area contributed by atoms with Gasteiger partial charge >= 0.3 is 0 Å². The van der Waals surface area contributed by atoms with E-state index in [9.17, 15) is 4.79 Å². The summed E-state index contributed by atoms with van der Waals surface area (Å²) in [5.41, 5.74) is 2.90. The molecule has 0 aliphatic carbocycles. The van der Waals surface area contributed by atoms with Gasteiger partial charge in [-0.25, -0.2) is 0 Å². The summed E-state index contributed by atoms with van der Waals surface area (Å²) in [4.78, 5) is 14.5. The Labute approximate surface area is 142 Å². The summed E-state index contributed by atoms with van der Waals surface area (Å²) in [6.07, 6.45) is 4.13. The number of halogens is 1. The average Bonchev–Trinajstić information content (AvgIpc) is 2.58. The highest BCUT2D eigenvalue weighted by Crippen LogP contribution is 2.22. The molecule has 120 valence electrons. The number of rotatable bonds is 4. The molecule has 1 amide bonds. The molecule has 3 rings (SSSR count). The normalized spacial score (nSPS) is 14.6. The number of hydrogen-bond acceptors (Lipinski definition) is 2. The lowest BCUT2D eigenvalue weighted by atomic mass is 10.1. The lowest BCUT2D eigenvalue weighted by Crippen LogP contribution is -2.29. The minimum Gasteiger partial charge on any atom is -0.372 e. The van der Waals surface area contributed by atoms with Gasteiger partial charge in [0, 0.05) is 29.5 Å². The van der Waals surface area contributed by atoms with Crippen LogP contribution in [0.4, 0.5) is 11.4 Å². The predicted molar refractivity (Wildman–Crippen MR) is 96.3 cm³/mol. The monoisotopic (exact) mass is 328 g/mol. The van der Waals surface area contributed by atoms with E-state index in [4.69, 9.17) is 11.6 Å². The van der Waals surface area contributed by atoms with Crippen LogP contribution in [0.2, 0.25) is 5.02 Å². The van der Waals surface area contributed by atoms with Crippen molar-refractivity contribution < 1.29 is 4.79 Å². The van der Waals surface area contributed by atoms with E-state index in [1.54, 1.807) is 6.07 Å². The lowest BCUT2D eigenvalue weighted by molar-refractivity contribution is -0.115. The first-order valence-corrected chi connectivity index (χ1v) is 8.48. The molecule has 0 saturated carbocycles. The van der Waals surface area contributed by atoms with E-state index in [0.717, 1.165) is 24.3 Å². The third-order valence-electron chi connectivity index (χ3n) is 4.18. The minimum absolute atomic E-state index is 0.0520. The van der Waals surface area contributed by atoms with E-state index in [0.29, 0.717) is 5.02 Å². The summed E-state index contributed by atoms with van der Waals surface area (Å²) in [6.45, 7) is 2.25. The third-order valence-corrected chi connectivity index (χ3v) is 4.55. The minimum atomic E-state index is -0.0520. The van der Waals surface area contributed by atoms with E-state index in [-0.39, 0.29) is 12.3 Å². The number of carbonyl (C=O) groups excluding carboxylic acids is 1. The van der Waals surface area contributed by atoms with Crippen LogP contribution >= 0.6 is 11.6 Å². The van der Waals surface area contributed by atoms with Gasteiger partial charge in [0.05, 0.1) is 6.42 Å². The van der Waals surface area contributed by atoms with Gasteiger partial charge in [-0.1, -0.05) is 29.8 Å². The Balaban J connectivity index is 1.59. The van der Waals surface area contributed by atoms with Crippen molar-refractivity contribution in [2.24, 2.45) is 0 Å². The summed E-state index contributed by atoms with van der Waals surface area (Å²) >= 11 is 6.09. The highest BCUT2D eigenvalue weighted by atomic mass is 35.5. The van der Waals surface area contributed by atoms with Gasteiger partial charge in [-0.3, -0.25) is 4.79 Å². The van der Waals surface area contributed by atoms with Crippen molar-refractivity contribution in [2.45, 2.75) is 25.7 Å². The number of nitrogens with one attached hydrogen (secondary N) is 1. The van der Waals surface area contributed by atoms with Crippen molar-refractivity contribution in [2.75, 3.05) is 23.3 Å². The van der Waals surface area contributed by atoms with Crippen molar-refractivity contribution in [3.8, 4) is 0 Å². The van der Waals surface area contributed by atoms with Crippen molar-refractivity contribution in [3.05, 3.63) is 59.1 Å². The fourth-order valence-electron chi connectivity index (χ4n) is 2.93. The maximum atomic E-state index is 12.1.